The molecule has 0 radical (unpaired) electrons. The van der Waals surface area contributed by atoms with Gasteiger partial charge in [0.15, 0.2) is 0 Å². The highest BCUT2D eigenvalue weighted by Crippen LogP contribution is 2.29. The molecule has 0 bridgehead atoms. The number of halogens is 2. The molecule has 0 fully saturated rings. The van der Waals surface area contributed by atoms with Crippen molar-refractivity contribution in [1.29, 1.82) is 0 Å². The molecule has 2 rings (SSSR count). The quantitative estimate of drug-likeness (QED) is 0.795. The van der Waals surface area contributed by atoms with Crippen LogP contribution in [-0.4, -0.2) is 17.2 Å². The average molecular weight is 401 g/mol. The number of aliphatic hydroxyl groups excluding tert-OH is 1. The Morgan fingerprint density at radius 2 is 2.10 bits per heavy atom. The Morgan fingerprint density at radius 1 is 1.38 bits per heavy atom. The minimum atomic E-state index is -0.726. The van der Waals surface area contributed by atoms with Crippen molar-refractivity contribution in [2.45, 2.75) is 26.4 Å². The second kappa shape index (κ2) is 6.70. The van der Waals surface area contributed by atoms with E-state index in [2.05, 4.69) is 4.98 Å². The summed E-state index contributed by atoms with van der Waals surface area (Å²) in [6.07, 6.45) is 1.38. The van der Waals surface area contributed by atoms with Gasteiger partial charge in [0.2, 0.25) is 0 Å². The first-order valence-electron chi connectivity index (χ1n) is 6.56. The van der Waals surface area contributed by atoms with Crippen molar-refractivity contribution in [3.8, 4) is 5.75 Å². The van der Waals surface area contributed by atoms with Crippen molar-refractivity contribution < 1.29 is 14.2 Å². The summed E-state index contributed by atoms with van der Waals surface area (Å²) in [5.41, 5.74) is 3.38. The molecular formula is C16H17FINO2. The zero-order valence-electron chi connectivity index (χ0n) is 12.2. The summed E-state index contributed by atoms with van der Waals surface area (Å²) in [6, 6.07) is 4.38. The lowest BCUT2D eigenvalue weighted by Gasteiger charge is -2.16. The summed E-state index contributed by atoms with van der Waals surface area (Å²) in [5, 5.41) is 10.4. The molecule has 2 aromatic rings. The van der Waals surface area contributed by atoms with Crippen LogP contribution in [0.5, 0.6) is 5.75 Å². The van der Waals surface area contributed by atoms with E-state index in [4.69, 9.17) is 4.74 Å². The van der Waals surface area contributed by atoms with Crippen LogP contribution in [-0.2, 0) is 6.42 Å². The molecule has 0 spiro atoms. The zero-order chi connectivity index (χ0) is 15.6. The molecular weight excluding hydrogens is 384 g/mol. The molecule has 0 aliphatic carbocycles. The number of benzene rings is 1. The zero-order valence-corrected chi connectivity index (χ0v) is 14.3. The summed E-state index contributed by atoms with van der Waals surface area (Å²) in [6.45, 7) is 3.86. The van der Waals surface area contributed by atoms with Crippen molar-refractivity contribution in [3.05, 3.63) is 56.2 Å². The molecule has 3 nitrogen and oxygen atoms in total. The minimum absolute atomic E-state index is 0.304. The van der Waals surface area contributed by atoms with Crippen LogP contribution in [0.1, 0.15) is 28.5 Å². The van der Waals surface area contributed by atoms with E-state index in [0.29, 0.717) is 15.6 Å². The number of aliphatic hydroxyl groups is 1. The van der Waals surface area contributed by atoms with Gasteiger partial charge in [-0.05, 0) is 54.1 Å². The lowest BCUT2D eigenvalue weighted by molar-refractivity contribution is 0.176. The van der Waals surface area contributed by atoms with E-state index in [0.717, 1.165) is 22.6 Å². The molecule has 1 unspecified atom stereocenters. The second-order valence-electron chi connectivity index (χ2n) is 4.93. The number of ether oxygens (including phenoxy) is 1. The number of methoxy groups -OCH3 is 1. The molecule has 1 atom stereocenters. The summed E-state index contributed by atoms with van der Waals surface area (Å²) in [5.74, 6) is 0.489. The lowest BCUT2D eigenvalue weighted by Crippen LogP contribution is -2.08. The van der Waals surface area contributed by atoms with Gasteiger partial charge in [0.05, 0.1) is 13.2 Å². The predicted octanol–water partition coefficient (Wildman–Crippen LogP) is 3.73. The van der Waals surface area contributed by atoms with Gasteiger partial charge < -0.3 is 9.84 Å². The van der Waals surface area contributed by atoms with Gasteiger partial charge in [0.25, 0.3) is 0 Å². The van der Waals surface area contributed by atoms with E-state index in [9.17, 15) is 9.50 Å². The molecule has 0 aliphatic heterocycles. The minimum Gasteiger partial charge on any atom is -0.496 e. The van der Waals surface area contributed by atoms with Crippen molar-refractivity contribution in [2.75, 3.05) is 7.11 Å². The first-order valence-corrected chi connectivity index (χ1v) is 7.64. The molecule has 5 heteroatoms. The van der Waals surface area contributed by atoms with Crippen LogP contribution < -0.4 is 4.74 Å². The van der Waals surface area contributed by atoms with Crippen molar-refractivity contribution in [1.82, 2.24) is 4.98 Å². The fraction of sp³-hybridized carbons (Fsp3) is 0.312. The number of hydrogen-bond acceptors (Lipinski definition) is 3. The van der Waals surface area contributed by atoms with Crippen LogP contribution in [0.2, 0.25) is 0 Å². The Kier molecular flexibility index (Phi) is 5.16. The fourth-order valence-corrected chi connectivity index (χ4v) is 3.18. The SMILES string of the molecule is COc1c(C)cnc(CC(O)c2ccc(F)cc2I)c1C. The van der Waals surface area contributed by atoms with E-state index in [-0.39, 0.29) is 5.82 Å². The molecule has 21 heavy (non-hydrogen) atoms. The third kappa shape index (κ3) is 3.52. The highest BCUT2D eigenvalue weighted by molar-refractivity contribution is 14.1. The molecule has 112 valence electrons. The van der Waals surface area contributed by atoms with Crippen LogP contribution >= 0.6 is 22.6 Å². The summed E-state index contributed by atoms with van der Waals surface area (Å²) in [4.78, 5) is 4.38. The maximum absolute atomic E-state index is 13.1. The normalized spacial score (nSPS) is 12.3. The van der Waals surface area contributed by atoms with Gasteiger partial charge in [-0.25, -0.2) is 4.39 Å². The standard InChI is InChI=1S/C16H17FINO2/c1-9-8-19-14(10(2)16(9)21-3)7-15(20)12-5-4-11(17)6-13(12)18/h4-6,8,15,20H,7H2,1-3H3. The van der Waals surface area contributed by atoms with Gasteiger partial charge >= 0.3 is 0 Å². The molecule has 1 N–H and O–H groups in total. The summed E-state index contributed by atoms with van der Waals surface area (Å²) < 4.78 is 19.2. The number of nitrogens with zero attached hydrogens (tertiary/aromatic N) is 1. The fourth-order valence-electron chi connectivity index (χ4n) is 2.34. The predicted molar refractivity (Wildman–Crippen MR) is 88.0 cm³/mol. The van der Waals surface area contributed by atoms with Crippen molar-refractivity contribution in [2.24, 2.45) is 0 Å². The van der Waals surface area contributed by atoms with Gasteiger partial charge in [0, 0.05) is 33.0 Å². The van der Waals surface area contributed by atoms with E-state index in [1.165, 1.54) is 12.1 Å². The molecule has 1 aromatic carbocycles. The van der Waals surface area contributed by atoms with Gasteiger partial charge in [-0.3, -0.25) is 4.98 Å². The van der Waals surface area contributed by atoms with Crippen LogP contribution in [0.3, 0.4) is 0 Å². The average Bonchev–Trinajstić information content (AvgIpc) is 2.42. The van der Waals surface area contributed by atoms with Gasteiger partial charge in [-0.1, -0.05) is 6.07 Å². The molecule has 0 saturated heterocycles. The first-order chi connectivity index (χ1) is 9.93. The maximum Gasteiger partial charge on any atom is 0.128 e. The topological polar surface area (TPSA) is 42.4 Å². The molecule has 0 aliphatic rings. The largest absolute Gasteiger partial charge is 0.496 e. The summed E-state index contributed by atoms with van der Waals surface area (Å²) in [7, 11) is 1.62. The van der Waals surface area contributed by atoms with E-state index >= 15 is 0 Å². The third-order valence-electron chi connectivity index (χ3n) is 3.46. The molecule has 0 saturated carbocycles. The van der Waals surface area contributed by atoms with E-state index in [1.807, 2.05) is 36.4 Å². The number of hydrogen-bond donors (Lipinski definition) is 1. The Labute approximate surface area is 137 Å². The monoisotopic (exact) mass is 401 g/mol. The van der Waals surface area contributed by atoms with Crippen molar-refractivity contribution in [3.63, 3.8) is 0 Å². The van der Waals surface area contributed by atoms with E-state index in [1.54, 1.807) is 19.4 Å². The Bertz CT molecular complexity index is 661. The smallest absolute Gasteiger partial charge is 0.128 e. The third-order valence-corrected chi connectivity index (χ3v) is 4.39. The number of rotatable bonds is 4. The van der Waals surface area contributed by atoms with Crippen LogP contribution in [0.4, 0.5) is 4.39 Å². The molecule has 1 aromatic heterocycles. The molecule has 0 amide bonds. The number of pyridine rings is 1. The molecule has 1 heterocycles. The van der Waals surface area contributed by atoms with Crippen LogP contribution in [0.25, 0.3) is 0 Å². The summed E-state index contributed by atoms with van der Waals surface area (Å²) >= 11 is 2.03. The van der Waals surface area contributed by atoms with Crippen molar-refractivity contribution >= 4 is 22.6 Å². The Morgan fingerprint density at radius 3 is 2.71 bits per heavy atom. The van der Waals surface area contributed by atoms with Crippen LogP contribution in [0.15, 0.2) is 24.4 Å². The van der Waals surface area contributed by atoms with Gasteiger partial charge in [-0.2, -0.15) is 0 Å². The van der Waals surface area contributed by atoms with Gasteiger partial charge in [0.1, 0.15) is 11.6 Å². The van der Waals surface area contributed by atoms with Gasteiger partial charge in [-0.15, -0.1) is 0 Å². The number of aromatic nitrogens is 1. The highest BCUT2D eigenvalue weighted by Gasteiger charge is 2.17. The second-order valence-corrected chi connectivity index (χ2v) is 6.09. The number of aryl methyl sites for hydroxylation is 1. The van der Waals surface area contributed by atoms with Crippen LogP contribution in [0, 0.1) is 23.2 Å². The van der Waals surface area contributed by atoms with E-state index < -0.39 is 6.10 Å². The Balaban J connectivity index is 2.29. The Hall–Kier alpha value is -1.21. The maximum atomic E-state index is 13.1. The first kappa shape index (κ1) is 16.2. The lowest BCUT2D eigenvalue weighted by atomic mass is 10.0. The highest BCUT2D eigenvalue weighted by atomic mass is 127.